The second kappa shape index (κ2) is 3.77. The highest BCUT2D eigenvalue weighted by molar-refractivity contribution is 6.30. The summed E-state index contributed by atoms with van der Waals surface area (Å²) >= 11 is 6.09. The van der Waals surface area contributed by atoms with Crippen LogP contribution in [0.25, 0.3) is 0 Å². The predicted octanol–water partition coefficient (Wildman–Crippen LogP) is 1.44. The molecule has 0 saturated heterocycles. The van der Waals surface area contributed by atoms with E-state index in [1.807, 2.05) is 0 Å². The molecule has 16 heavy (non-hydrogen) atoms. The molecular weight excluding hydrogens is 226 g/mol. The maximum absolute atomic E-state index is 11.8. The van der Waals surface area contributed by atoms with Crippen molar-refractivity contribution in [2.75, 3.05) is 18.0 Å². The third kappa shape index (κ3) is 1.44. The minimum Gasteiger partial charge on any atom is -0.358 e. The van der Waals surface area contributed by atoms with Crippen molar-refractivity contribution in [3.05, 3.63) is 21.2 Å². The molecule has 0 amide bonds. The first-order valence-corrected chi connectivity index (χ1v) is 6.19. The average molecular weight is 240 g/mol. The van der Waals surface area contributed by atoms with Gasteiger partial charge >= 0.3 is 5.69 Å². The molecule has 0 aliphatic carbocycles. The molecular formula is C11H14ClN3O. The molecule has 0 unspecified atom stereocenters. The van der Waals surface area contributed by atoms with Crippen LogP contribution < -0.4 is 10.6 Å². The summed E-state index contributed by atoms with van der Waals surface area (Å²) in [6.45, 7) is 2.85. The average Bonchev–Trinajstić information content (AvgIpc) is 2.49. The molecule has 0 spiro atoms. The summed E-state index contributed by atoms with van der Waals surface area (Å²) in [4.78, 5) is 18.0. The number of hydrogen-bond donors (Lipinski definition) is 0. The van der Waals surface area contributed by atoms with E-state index in [-0.39, 0.29) is 5.69 Å². The Kier molecular flexibility index (Phi) is 2.39. The van der Waals surface area contributed by atoms with Gasteiger partial charge in [-0.1, -0.05) is 11.6 Å². The monoisotopic (exact) mass is 239 g/mol. The van der Waals surface area contributed by atoms with E-state index in [1.165, 1.54) is 6.42 Å². The van der Waals surface area contributed by atoms with E-state index in [9.17, 15) is 4.79 Å². The molecule has 4 nitrogen and oxygen atoms in total. The highest BCUT2D eigenvalue weighted by Gasteiger charge is 2.25. The Bertz CT molecular complexity index is 483. The predicted molar refractivity (Wildman–Crippen MR) is 63.3 cm³/mol. The van der Waals surface area contributed by atoms with Crippen LogP contribution in [0.1, 0.15) is 24.8 Å². The topological polar surface area (TPSA) is 38.1 Å². The fraction of sp³-hybridized carbons (Fsp3) is 0.636. The lowest BCUT2D eigenvalue weighted by molar-refractivity contribution is 0.534. The Balaban J connectivity index is 2.28. The SMILES string of the molecule is O=c1nc(Cl)c2c3n1CCCN3CCCC2. The van der Waals surface area contributed by atoms with Crippen molar-refractivity contribution in [1.82, 2.24) is 9.55 Å². The van der Waals surface area contributed by atoms with Crippen molar-refractivity contribution in [3.63, 3.8) is 0 Å². The van der Waals surface area contributed by atoms with E-state index in [0.29, 0.717) is 5.15 Å². The van der Waals surface area contributed by atoms with Crippen molar-refractivity contribution in [2.45, 2.75) is 32.2 Å². The van der Waals surface area contributed by atoms with E-state index < -0.39 is 0 Å². The van der Waals surface area contributed by atoms with Crippen LogP contribution >= 0.6 is 11.6 Å². The Morgan fingerprint density at radius 1 is 1.12 bits per heavy atom. The molecule has 0 radical (unpaired) electrons. The van der Waals surface area contributed by atoms with Crippen molar-refractivity contribution < 1.29 is 0 Å². The van der Waals surface area contributed by atoms with Gasteiger partial charge in [-0.3, -0.25) is 4.57 Å². The normalized spacial score (nSPS) is 19.2. The number of nitrogens with zero attached hydrogens (tertiary/aromatic N) is 3. The lowest BCUT2D eigenvalue weighted by Gasteiger charge is -2.32. The van der Waals surface area contributed by atoms with Gasteiger partial charge in [0.25, 0.3) is 0 Å². The van der Waals surface area contributed by atoms with Crippen LogP contribution in [0, 0.1) is 0 Å². The van der Waals surface area contributed by atoms with Crippen molar-refractivity contribution >= 4 is 17.4 Å². The number of aromatic nitrogens is 2. The largest absolute Gasteiger partial charge is 0.358 e. The van der Waals surface area contributed by atoms with Crippen LogP contribution in [0.5, 0.6) is 0 Å². The van der Waals surface area contributed by atoms with Gasteiger partial charge in [0.1, 0.15) is 11.0 Å². The molecule has 0 fully saturated rings. The van der Waals surface area contributed by atoms with Crippen LogP contribution in [0.15, 0.2) is 4.79 Å². The van der Waals surface area contributed by atoms with Crippen LogP contribution in [0.3, 0.4) is 0 Å². The van der Waals surface area contributed by atoms with Gasteiger partial charge in [0, 0.05) is 25.2 Å². The molecule has 0 saturated carbocycles. The lowest BCUT2D eigenvalue weighted by Crippen LogP contribution is -2.39. The summed E-state index contributed by atoms with van der Waals surface area (Å²) in [6.07, 6.45) is 4.26. The lowest BCUT2D eigenvalue weighted by atomic mass is 10.1. The van der Waals surface area contributed by atoms with Crippen molar-refractivity contribution in [1.29, 1.82) is 0 Å². The summed E-state index contributed by atoms with van der Waals surface area (Å²) < 4.78 is 1.79. The molecule has 86 valence electrons. The van der Waals surface area contributed by atoms with Crippen molar-refractivity contribution in [3.8, 4) is 0 Å². The zero-order valence-corrected chi connectivity index (χ0v) is 9.83. The minimum atomic E-state index is -0.199. The van der Waals surface area contributed by atoms with Crippen LogP contribution in [0.2, 0.25) is 5.15 Å². The van der Waals surface area contributed by atoms with Gasteiger partial charge in [0.05, 0.1) is 0 Å². The number of anilines is 1. The summed E-state index contributed by atoms with van der Waals surface area (Å²) in [7, 11) is 0. The highest BCUT2D eigenvalue weighted by atomic mass is 35.5. The fourth-order valence-electron chi connectivity index (χ4n) is 2.68. The Labute approximate surface area is 98.8 Å². The summed E-state index contributed by atoms with van der Waals surface area (Å²) in [5.74, 6) is 1.04. The van der Waals surface area contributed by atoms with Gasteiger partial charge in [0.15, 0.2) is 0 Å². The molecule has 2 aliphatic rings. The van der Waals surface area contributed by atoms with Gasteiger partial charge in [-0.05, 0) is 25.7 Å². The number of rotatable bonds is 0. The van der Waals surface area contributed by atoms with Gasteiger partial charge in [-0.15, -0.1) is 0 Å². The van der Waals surface area contributed by atoms with E-state index in [4.69, 9.17) is 11.6 Å². The second-order valence-electron chi connectivity index (χ2n) is 4.44. The smallest absolute Gasteiger partial charge is 0.350 e. The molecule has 5 heteroatoms. The van der Waals surface area contributed by atoms with E-state index >= 15 is 0 Å². The zero-order valence-electron chi connectivity index (χ0n) is 9.08. The first-order chi connectivity index (χ1) is 7.77. The molecule has 3 heterocycles. The maximum Gasteiger partial charge on any atom is 0.350 e. The Morgan fingerprint density at radius 2 is 1.94 bits per heavy atom. The van der Waals surface area contributed by atoms with E-state index in [0.717, 1.165) is 50.3 Å². The molecule has 1 aromatic rings. The molecule has 0 atom stereocenters. The fourth-order valence-corrected chi connectivity index (χ4v) is 2.93. The summed E-state index contributed by atoms with van der Waals surface area (Å²) in [5, 5.41) is 0.407. The summed E-state index contributed by atoms with van der Waals surface area (Å²) in [6, 6.07) is 0. The van der Waals surface area contributed by atoms with E-state index in [2.05, 4.69) is 9.88 Å². The van der Waals surface area contributed by atoms with Crippen LogP contribution in [-0.2, 0) is 13.0 Å². The molecule has 0 aromatic carbocycles. The molecule has 2 aliphatic heterocycles. The van der Waals surface area contributed by atoms with Crippen LogP contribution in [0.4, 0.5) is 5.82 Å². The molecule has 0 N–H and O–H groups in total. The van der Waals surface area contributed by atoms with Gasteiger partial charge in [-0.25, -0.2) is 4.79 Å². The third-order valence-electron chi connectivity index (χ3n) is 3.41. The Hall–Kier alpha value is -1.03. The first kappa shape index (κ1) is 10.1. The number of hydrogen-bond acceptors (Lipinski definition) is 3. The second-order valence-corrected chi connectivity index (χ2v) is 4.79. The maximum atomic E-state index is 11.8. The first-order valence-electron chi connectivity index (χ1n) is 5.81. The quantitative estimate of drug-likeness (QED) is 0.643. The minimum absolute atomic E-state index is 0.199. The van der Waals surface area contributed by atoms with Gasteiger partial charge < -0.3 is 4.90 Å². The molecule has 1 aromatic heterocycles. The van der Waals surface area contributed by atoms with Gasteiger partial charge in [-0.2, -0.15) is 4.98 Å². The standard InChI is InChI=1S/C11H14ClN3O/c12-9-8-4-1-2-5-14-6-3-7-15(10(8)14)11(16)13-9/h1-7H2. The van der Waals surface area contributed by atoms with E-state index in [1.54, 1.807) is 4.57 Å². The highest BCUT2D eigenvalue weighted by Crippen LogP contribution is 2.31. The molecule has 0 bridgehead atoms. The third-order valence-corrected chi connectivity index (χ3v) is 3.73. The number of halogens is 1. The zero-order chi connectivity index (χ0) is 11.1. The van der Waals surface area contributed by atoms with Crippen LogP contribution in [-0.4, -0.2) is 22.6 Å². The van der Waals surface area contributed by atoms with Crippen molar-refractivity contribution in [2.24, 2.45) is 0 Å². The molecule has 3 rings (SSSR count). The summed E-state index contributed by atoms with van der Waals surface area (Å²) in [5.41, 5.74) is 0.869. The Morgan fingerprint density at radius 3 is 2.81 bits per heavy atom. The van der Waals surface area contributed by atoms with Gasteiger partial charge in [0.2, 0.25) is 0 Å².